The van der Waals surface area contributed by atoms with Crippen LogP contribution in [0.25, 0.3) is 0 Å². The lowest BCUT2D eigenvalue weighted by Crippen LogP contribution is -2.59. The molecule has 88 valence electrons. The summed E-state index contributed by atoms with van der Waals surface area (Å²) in [6, 6.07) is 0.188. The van der Waals surface area contributed by atoms with Crippen molar-refractivity contribution in [3.05, 3.63) is 0 Å². The Balaban J connectivity index is 2.44. The van der Waals surface area contributed by atoms with Crippen LogP contribution in [0.2, 0.25) is 0 Å². The first-order chi connectivity index (χ1) is 7.20. The minimum atomic E-state index is -0.227. The van der Waals surface area contributed by atoms with Crippen LogP contribution in [0.1, 0.15) is 19.3 Å². The van der Waals surface area contributed by atoms with Gasteiger partial charge in [0.2, 0.25) is 5.91 Å². The summed E-state index contributed by atoms with van der Waals surface area (Å²) in [4.78, 5) is 13.2. The highest BCUT2D eigenvalue weighted by Crippen LogP contribution is 2.22. The van der Waals surface area contributed by atoms with Crippen LogP contribution in [-0.4, -0.2) is 49.7 Å². The summed E-state index contributed by atoms with van der Waals surface area (Å²) in [5.74, 6) is -0.227. The number of hydrogen-bond donors (Lipinski definition) is 2. The summed E-state index contributed by atoms with van der Waals surface area (Å²) in [7, 11) is 1.68. The lowest BCUT2D eigenvalue weighted by atomic mass is 9.97. The number of nitrogens with zero attached hydrogens (tertiary/aromatic N) is 1. The molecule has 1 aliphatic rings. The van der Waals surface area contributed by atoms with Gasteiger partial charge in [-0.1, -0.05) is 0 Å². The van der Waals surface area contributed by atoms with Gasteiger partial charge < -0.3 is 16.2 Å². The van der Waals surface area contributed by atoms with E-state index >= 15 is 0 Å². The van der Waals surface area contributed by atoms with Gasteiger partial charge in [-0.3, -0.25) is 9.69 Å². The Morgan fingerprint density at radius 2 is 2.40 bits per heavy atom. The van der Waals surface area contributed by atoms with Gasteiger partial charge in [0.15, 0.2) is 0 Å². The zero-order valence-corrected chi connectivity index (χ0v) is 9.32. The first kappa shape index (κ1) is 12.4. The first-order valence-corrected chi connectivity index (χ1v) is 5.44. The number of methoxy groups -OCH3 is 1. The monoisotopic (exact) mass is 215 g/mol. The van der Waals surface area contributed by atoms with Crippen LogP contribution in [0.4, 0.5) is 0 Å². The third kappa shape index (κ3) is 3.15. The molecule has 1 rings (SSSR count). The predicted octanol–water partition coefficient (Wildman–Crippen LogP) is -0.700. The Morgan fingerprint density at radius 1 is 1.67 bits per heavy atom. The molecule has 0 saturated carbocycles. The number of rotatable bonds is 7. The fourth-order valence-electron chi connectivity index (χ4n) is 2.04. The zero-order chi connectivity index (χ0) is 11.3. The molecule has 0 aromatic heterocycles. The lowest BCUT2D eigenvalue weighted by Gasteiger charge is -2.44. The highest BCUT2D eigenvalue weighted by atomic mass is 16.5. The van der Waals surface area contributed by atoms with Crippen molar-refractivity contribution in [3.8, 4) is 0 Å². The van der Waals surface area contributed by atoms with Crippen LogP contribution >= 0.6 is 0 Å². The van der Waals surface area contributed by atoms with E-state index in [1.807, 2.05) is 0 Å². The van der Waals surface area contributed by atoms with Crippen molar-refractivity contribution in [1.82, 2.24) is 4.90 Å². The van der Waals surface area contributed by atoms with E-state index < -0.39 is 0 Å². The molecule has 0 aliphatic carbocycles. The number of primary amides is 1. The maximum Gasteiger partial charge on any atom is 0.234 e. The molecule has 0 spiro atoms. The van der Waals surface area contributed by atoms with E-state index in [0.717, 1.165) is 25.8 Å². The molecule has 0 bridgehead atoms. The number of carbonyl (C=O) groups excluding carboxylic acids is 1. The number of carbonyl (C=O) groups is 1. The van der Waals surface area contributed by atoms with Gasteiger partial charge in [-0.05, 0) is 25.8 Å². The average molecular weight is 215 g/mol. The second-order valence-electron chi connectivity index (χ2n) is 3.98. The summed E-state index contributed by atoms with van der Waals surface area (Å²) in [6.45, 7) is 2.26. The van der Waals surface area contributed by atoms with Crippen molar-refractivity contribution in [1.29, 1.82) is 0 Å². The normalized spacial score (nSPS) is 23.5. The highest BCUT2D eigenvalue weighted by Gasteiger charge is 2.36. The van der Waals surface area contributed by atoms with Crippen LogP contribution in [0.3, 0.4) is 0 Å². The Morgan fingerprint density at radius 3 is 2.80 bits per heavy atom. The molecule has 15 heavy (non-hydrogen) atoms. The first-order valence-electron chi connectivity index (χ1n) is 5.44. The Bertz CT molecular complexity index is 211. The van der Waals surface area contributed by atoms with Crippen LogP contribution in [0.5, 0.6) is 0 Å². The van der Waals surface area contributed by atoms with Gasteiger partial charge in [-0.2, -0.15) is 0 Å². The molecule has 2 unspecified atom stereocenters. The molecule has 0 aromatic carbocycles. The molecule has 0 radical (unpaired) electrons. The number of hydrogen-bond acceptors (Lipinski definition) is 4. The molecule has 0 aromatic rings. The fraction of sp³-hybridized carbons (Fsp3) is 0.900. The lowest BCUT2D eigenvalue weighted by molar-refractivity contribution is -0.130. The van der Waals surface area contributed by atoms with Gasteiger partial charge in [-0.25, -0.2) is 0 Å². The van der Waals surface area contributed by atoms with Crippen LogP contribution in [0.15, 0.2) is 0 Å². The maximum absolute atomic E-state index is 11.1. The highest BCUT2D eigenvalue weighted by molar-refractivity contribution is 5.80. The quantitative estimate of drug-likeness (QED) is 0.588. The van der Waals surface area contributed by atoms with Crippen molar-refractivity contribution >= 4 is 5.91 Å². The van der Waals surface area contributed by atoms with E-state index in [2.05, 4.69) is 4.90 Å². The van der Waals surface area contributed by atoms with Gasteiger partial charge in [0.1, 0.15) is 0 Å². The number of nitrogens with two attached hydrogens (primary N) is 2. The largest absolute Gasteiger partial charge is 0.383 e. The van der Waals surface area contributed by atoms with Crippen molar-refractivity contribution in [2.75, 3.05) is 26.8 Å². The molecule has 1 saturated heterocycles. The number of likely N-dealkylation sites (tertiary alicyclic amines) is 1. The van der Waals surface area contributed by atoms with Crippen molar-refractivity contribution in [3.63, 3.8) is 0 Å². The average Bonchev–Trinajstić information content (AvgIpc) is 2.11. The predicted molar refractivity (Wildman–Crippen MR) is 58.3 cm³/mol. The summed E-state index contributed by atoms with van der Waals surface area (Å²) >= 11 is 0. The summed E-state index contributed by atoms with van der Waals surface area (Å²) in [6.07, 6.45) is 2.79. The smallest absolute Gasteiger partial charge is 0.234 e. The molecule has 1 amide bonds. The third-order valence-electron chi connectivity index (χ3n) is 2.96. The standard InChI is InChI=1S/C10H21N3O2/c1-15-7-8(3-2-5-11)13-6-4-9(13)10(12)14/h8-9H,2-7,11H2,1H3,(H2,12,14). The Hall–Kier alpha value is -0.650. The van der Waals surface area contributed by atoms with Gasteiger partial charge >= 0.3 is 0 Å². The Labute approximate surface area is 90.7 Å². The second-order valence-corrected chi connectivity index (χ2v) is 3.98. The van der Waals surface area contributed by atoms with Crippen LogP contribution in [-0.2, 0) is 9.53 Å². The number of ether oxygens (including phenoxy) is 1. The van der Waals surface area contributed by atoms with E-state index in [1.165, 1.54) is 0 Å². The minimum absolute atomic E-state index is 0.0945. The van der Waals surface area contributed by atoms with Gasteiger partial charge in [0.05, 0.1) is 12.6 Å². The van der Waals surface area contributed by atoms with Gasteiger partial charge in [0, 0.05) is 19.7 Å². The van der Waals surface area contributed by atoms with Crippen molar-refractivity contribution in [2.24, 2.45) is 11.5 Å². The van der Waals surface area contributed by atoms with Crippen molar-refractivity contribution in [2.45, 2.75) is 31.3 Å². The summed E-state index contributed by atoms with van der Waals surface area (Å²) < 4.78 is 5.15. The summed E-state index contributed by atoms with van der Waals surface area (Å²) in [5.41, 5.74) is 10.8. The Kier molecular flexibility index (Phi) is 5.01. The molecule has 5 heteroatoms. The SMILES string of the molecule is COCC(CCCN)N1CCC1C(N)=O. The van der Waals surface area contributed by atoms with E-state index in [1.54, 1.807) is 7.11 Å². The molecule has 5 nitrogen and oxygen atoms in total. The minimum Gasteiger partial charge on any atom is -0.383 e. The summed E-state index contributed by atoms with van der Waals surface area (Å²) in [5, 5.41) is 0. The van der Waals surface area contributed by atoms with E-state index in [0.29, 0.717) is 13.2 Å². The second kappa shape index (κ2) is 6.05. The maximum atomic E-state index is 11.1. The molecule has 2 atom stereocenters. The molecule has 1 fully saturated rings. The van der Waals surface area contributed by atoms with Crippen molar-refractivity contribution < 1.29 is 9.53 Å². The fourth-order valence-corrected chi connectivity index (χ4v) is 2.04. The molecule has 1 heterocycles. The van der Waals surface area contributed by atoms with Crippen LogP contribution in [0, 0.1) is 0 Å². The number of amides is 1. The third-order valence-corrected chi connectivity index (χ3v) is 2.96. The van der Waals surface area contributed by atoms with Gasteiger partial charge in [0.25, 0.3) is 0 Å². The van der Waals surface area contributed by atoms with Gasteiger partial charge in [-0.15, -0.1) is 0 Å². The topological polar surface area (TPSA) is 81.6 Å². The van der Waals surface area contributed by atoms with E-state index in [9.17, 15) is 4.79 Å². The molecule has 1 aliphatic heterocycles. The van der Waals surface area contributed by atoms with E-state index in [4.69, 9.17) is 16.2 Å². The molecular formula is C10H21N3O2. The molecular weight excluding hydrogens is 194 g/mol. The van der Waals surface area contributed by atoms with Crippen LogP contribution < -0.4 is 11.5 Å². The zero-order valence-electron chi connectivity index (χ0n) is 9.32. The molecule has 4 N–H and O–H groups in total. The van der Waals surface area contributed by atoms with E-state index in [-0.39, 0.29) is 18.0 Å².